The first-order chi connectivity index (χ1) is 8.21. The molecule has 0 radical (unpaired) electrons. The van der Waals surface area contributed by atoms with Crippen LogP contribution in [0.1, 0.15) is 35.7 Å². The minimum absolute atomic E-state index is 0.0171. The Hall–Kier alpha value is -1.72. The van der Waals surface area contributed by atoms with E-state index in [2.05, 4.69) is 5.32 Å². The van der Waals surface area contributed by atoms with Crippen molar-refractivity contribution in [2.45, 2.75) is 31.5 Å². The summed E-state index contributed by atoms with van der Waals surface area (Å²) in [5.74, 6) is -0.706. The van der Waals surface area contributed by atoms with Gasteiger partial charge in [0.15, 0.2) is 0 Å². The average Bonchev–Trinajstić information content (AvgIpc) is 2.94. The first-order valence-corrected chi connectivity index (χ1v) is 5.50. The SMILES string of the molecule is CC1(NC(=O)c2ccc(N)cc2C(F)(F)F)CC1. The number of halogens is 3. The van der Waals surface area contributed by atoms with Crippen LogP contribution in [-0.2, 0) is 6.18 Å². The van der Waals surface area contributed by atoms with Crippen LogP contribution in [-0.4, -0.2) is 11.4 Å². The van der Waals surface area contributed by atoms with E-state index in [1.165, 1.54) is 6.07 Å². The molecule has 18 heavy (non-hydrogen) atoms. The van der Waals surface area contributed by atoms with Crippen molar-refractivity contribution in [3.63, 3.8) is 0 Å². The van der Waals surface area contributed by atoms with Gasteiger partial charge >= 0.3 is 6.18 Å². The van der Waals surface area contributed by atoms with Crippen molar-refractivity contribution in [2.24, 2.45) is 0 Å². The van der Waals surface area contributed by atoms with Crippen molar-refractivity contribution in [2.75, 3.05) is 5.73 Å². The van der Waals surface area contributed by atoms with E-state index in [4.69, 9.17) is 5.73 Å². The molecular weight excluding hydrogens is 245 g/mol. The number of hydrogen-bond donors (Lipinski definition) is 2. The zero-order valence-corrected chi connectivity index (χ0v) is 9.77. The van der Waals surface area contributed by atoms with Crippen LogP contribution >= 0.6 is 0 Å². The predicted molar refractivity (Wildman–Crippen MR) is 61.0 cm³/mol. The Morgan fingerprint density at radius 3 is 2.50 bits per heavy atom. The summed E-state index contributed by atoms with van der Waals surface area (Å²) >= 11 is 0. The molecule has 0 bridgehead atoms. The Balaban J connectivity index is 2.34. The van der Waals surface area contributed by atoms with E-state index in [1.54, 1.807) is 6.92 Å². The molecule has 0 spiro atoms. The van der Waals surface area contributed by atoms with Gasteiger partial charge < -0.3 is 11.1 Å². The monoisotopic (exact) mass is 258 g/mol. The third-order valence-corrected chi connectivity index (χ3v) is 3.01. The second-order valence-electron chi connectivity index (χ2n) is 4.82. The summed E-state index contributed by atoms with van der Waals surface area (Å²) in [6.45, 7) is 1.80. The van der Waals surface area contributed by atoms with E-state index in [0.717, 1.165) is 25.0 Å². The molecule has 98 valence electrons. The molecule has 2 rings (SSSR count). The number of nitrogen functional groups attached to an aromatic ring is 1. The normalized spacial score (nSPS) is 17.3. The van der Waals surface area contributed by atoms with Gasteiger partial charge in [-0.3, -0.25) is 4.79 Å². The van der Waals surface area contributed by atoms with Crippen LogP contribution in [0.2, 0.25) is 0 Å². The van der Waals surface area contributed by atoms with E-state index < -0.39 is 17.6 Å². The molecule has 0 atom stereocenters. The van der Waals surface area contributed by atoms with Gasteiger partial charge in [-0.25, -0.2) is 0 Å². The Bertz CT molecular complexity index is 493. The number of nitrogens with one attached hydrogen (secondary N) is 1. The largest absolute Gasteiger partial charge is 0.417 e. The summed E-state index contributed by atoms with van der Waals surface area (Å²) in [5, 5.41) is 2.60. The van der Waals surface area contributed by atoms with Gasteiger partial charge in [-0.15, -0.1) is 0 Å². The van der Waals surface area contributed by atoms with Crippen molar-refractivity contribution in [3.8, 4) is 0 Å². The molecule has 0 saturated heterocycles. The number of carbonyl (C=O) groups is 1. The third kappa shape index (κ3) is 2.57. The maximum absolute atomic E-state index is 12.8. The van der Waals surface area contributed by atoms with Gasteiger partial charge in [0.25, 0.3) is 5.91 Å². The van der Waals surface area contributed by atoms with Gasteiger partial charge in [-0.2, -0.15) is 13.2 Å². The molecule has 1 aromatic rings. The molecule has 1 aliphatic carbocycles. The number of nitrogens with two attached hydrogens (primary N) is 1. The Kier molecular flexibility index (Phi) is 2.76. The fourth-order valence-corrected chi connectivity index (χ4v) is 1.65. The lowest BCUT2D eigenvalue weighted by Gasteiger charge is -2.16. The van der Waals surface area contributed by atoms with Crippen LogP contribution in [0.4, 0.5) is 18.9 Å². The molecule has 1 fully saturated rings. The molecule has 6 heteroatoms. The minimum atomic E-state index is -4.59. The highest BCUT2D eigenvalue weighted by atomic mass is 19.4. The lowest BCUT2D eigenvalue weighted by atomic mass is 10.0. The van der Waals surface area contributed by atoms with Crippen molar-refractivity contribution >= 4 is 11.6 Å². The topological polar surface area (TPSA) is 55.1 Å². The molecule has 0 unspecified atom stereocenters. The highest BCUT2D eigenvalue weighted by Gasteiger charge is 2.41. The smallest absolute Gasteiger partial charge is 0.399 e. The molecule has 0 aromatic heterocycles. The standard InChI is InChI=1S/C12H13F3N2O/c1-11(4-5-11)17-10(18)8-3-2-7(16)6-9(8)12(13,14)15/h2-3,6H,4-5,16H2,1H3,(H,17,18). The molecule has 1 saturated carbocycles. The highest BCUT2D eigenvalue weighted by Crippen LogP contribution is 2.36. The van der Waals surface area contributed by atoms with Crippen LogP contribution in [0, 0.1) is 0 Å². The Morgan fingerprint density at radius 2 is 2.00 bits per heavy atom. The third-order valence-electron chi connectivity index (χ3n) is 3.01. The number of rotatable bonds is 2. The molecule has 1 amide bonds. The summed E-state index contributed by atoms with van der Waals surface area (Å²) in [7, 11) is 0. The van der Waals surface area contributed by atoms with E-state index >= 15 is 0 Å². The number of anilines is 1. The molecular formula is C12H13F3N2O. The maximum Gasteiger partial charge on any atom is 0.417 e. The summed E-state index contributed by atoms with van der Waals surface area (Å²) < 4.78 is 38.4. The van der Waals surface area contributed by atoms with Crippen LogP contribution in [0.5, 0.6) is 0 Å². The number of amides is 1. The van der Waals surface area contributed by atoms with Crippen LogP contribution < -0.4 is 11.1 Å². The van der Waals surface area contributed by atoms with Gasteiger partial charge in [0, 0.05) is 11.2 Å². The summed E-state index contributed by atoms with van der Waals surface area (Å²) in [6.07, 6.45) is -3.02. The van der Waals surface area contributed by atoms with E-state index in [0.29, 0.717) is 0 Å². The van der Waals surface area contributed by atoms with Crippen molar-refractivity contribution < 1.29 is 18.0 Å². The quantitative estimate of drug-likeness (QED) is 0.801. The Labute approximate surface area is 102 Å². The lowest BCUT2D eigenvalue weighted by molar-refractivity contribution is -0.137. The highest BCUT2D eigenvalue weighted by molar-refractivity contribution is 5.97. The molecule has 1 aliphatic rings. The molecule has 1 aromatic carbocycles. The van der Waals surface area contributed by atoms with E-state index in [-0.39, 0.29) is 16.8 Å². The first-order valence-electron chi connectivity index (χ1n) is 5.50. The zero-order chi connectivity index (χ0) is 13.6. The fraction of sp³-hybridized carbons (Fsp3) is 0.417. The second kappa shape index (κ2) is 3.90. The maximum atomic E-state index is 12.8. The van der Waals surface area contributed by atoms with Crippen molar-refractivity contribution in [1.29, 1.82) is 0 Å². The van der Waals surface area contributed by atoms with Crippen molar-refractivity contribution in [3.05, 3.63) is 29.3 Å². The first kappa shape index (κ1) is 12.7. The lowest BCUT2D eigenvalue weighted by Crippen LogP contribution is -2.35. The second-order valence-corrected chi connectivity index (χ2v) is 4.82. The van der Waals surface area contributed by atoms with Crippen LogP contribution in [0.3, 0.4) is 0 Å². The summed E-state index contributed by atoms with van der Waals surface area (Å²) in [5.41, 5.74) is 3.57. The van der Waals surface area contributed by atoms with Gasteiger partial charge in [-0.1, -0.05) is 0 Å². The van der Waals surface area contributed by atoms with Gasteiger partial charge in [0.2, 0.25) is 0 Å². The summed E-state index contributed by atoms with van der Waals surface area (Å²) in [4.78, 5) is 11.8. The van der Waals surface area contributed by atoms with Crippen molar-refractivity contribution in [1.82, 2.24) is 5.32 Å². The minimum Gasteiger partial charge on any atom is -0.399 e. The molecule has 3 nitrogen and oxygen atoms in total. The fourth-order valence-electron chi connectivity index (χ4n) is 1.65. The number of alkyl halides is 3. The summed E-state index contributed by atoms with van der Waals surface area (Å²) in [6, 6.07) is 3.18. The molecule has 0 heterocycles. The van der Waals surface area contributed by atoms with Crippen LogP contribution in [0.25, 0.3) is 0 Å². The number of benzene rings is 1. The zero-order valence-electron chi connectivity index (χ0n) is 9.77. The molecule has 0 aliphatic heterocycles. The predicted octanol–water partition coefficient (Wildman–Crippen LogP) is 2.57. The average molecular weight is 258 g/mol. The number of hydrogen-bond acceptors (Lipinski definition) is 2. The van der Waals surface area contributed by atoms with Crippen LogP contribution in [0.15, 0.2) is 18.2 Å². The Morgan fingerprint density at radius 1 is 1.39 bits per heavy atom. The van der Waals surface area contributed by atoms with Gasteiger partial charge in [-0.05, 0) is 38.0 Å². The van der Waals surface area contributed by atoms with E-state index in [1.807, 2.05) is 0 Å². The van der Waals surface area contributed by atoms with Gasteiger partial charge in [0.1, 0.15) is 0 Å². The van der Waals surface area contributed by atoms with E-state index in [9.17, 15) is 18.0 Å². The van der Waals surface area contributed by atoms with Gasteiger partial charge in [0.05, 0.1) is 11.1 Å². The molecule has 3 N–H and O–H groups in total. The number of carbonyl (C=O) groups excluding carboxylic acids is 1.